The van der Waals surface area contributed by atoms with Crippen LogP contribution in [0.3, 0.4) is 0 Å². The number of ether oxygens (including phenoxy) is 2. The van der Waals surface area contributed by atoms with Crippen molar-refractivity contribution in [2.45, 2.75) is 25.8 Å². The van der Waals surface area contributed by atoms with Gasteiger partial charge in [-0.15, -0.1) is 11.3 Å². The van der Waals surface area contributed by atoms with E-state index >= 15 is 0 Å². The van der Waals surface area contributed by atoms with E-state index in [2.05, 4.69) is 23.1 Å². The fourth-order valence-electron chi connectivity index (χ4n) is 4.94. The second-order valence-corrected chi connectivity index (χ2v) is 11.0. The van der Waals surface area contributed by atoms with Crippen LogP contribution in [0.25, 0.3) is 20.5 Å². The summed E-state index contributed by atoms with van der Waals surface area (Å²) in [7, 11) is 5.18. The second-order valence-electron chi connectivity index (χ2n) is 10.00. The largest absolute Gasteiger partial charge is 0.508 e. The maximum Gasteiger partial charge on any atom is 0.259 e. The van der Waals surface area contributed by atoms with Gasteiger partial charge in [0.15, 0.2) is 6.61 Å². The first kappa shape index (κ1) is 26.1. The Morgan fingerprint density at radius 1 is 1.03 bits per heavy atom. The van der Waals surface area contributed by atoms with Crippen molar-refractivity contribution in [3.05, 3.63) is 77.4 Å². The van der Waals surface area contributed by atoms with Crippen LogP contribution in [0.2, 0.25) is 0 Å². The number of nitrogens with zero attached hydrogens (tertiary/aromatic N) is 2. The van der Waals surface area contributed by atoms with Gasteiger partial charge in [0.2, 0.25) is 0 Å². The highest BCUT2D eigenvalue weighted by molar-refractivity contribution is 7.22. The number of fused-ring (bicyclic) bond motifs is 1. The molecule has 1 fully saturated rings. The molecule has 6 nitrogen and oxygen atoms in total. The molecule has 0 saturated carbocycles. The number of rotatable bonds is 9. The molecular weight excluding hydrogens is 496 g/mol. The summed E-state index contributed by atoms with van der Waals surface area (Å²) in [6.45, 7) is 3.23. The van der Waals surface area contributed by atoms with Crippen molar-refractivity contribution in [1.29, 1.82) is 0 Å². The van der Waals surface area contributed by atoms with Gasteiger partial charge in [0.1, 0.15) is 17.2 Å². The quantitative estimate of drug-likeness (QED) is 0.290. The predicted octanol–water partition coefficient (Wildman–Crippen LogP) is 5.94. The number of carbonyl (C=O) groups excluding carboxylic acids is 1. The minimum atomic E-state index is -0.0810. The summed E-state index contributed by atoms with van der Waals surface area (Å²) in [4.78, 5) is 17.0. The fraction of sp³-hybridized carbons (Fsp3) is 0.323. The molecule has 0 unspecified atom stereocenters. The van der Waals surface area contributed by atoms with Crippen molar-refractivity contribution in [2.75, 3.05) is 40.9 Å². The Hall–Kier alpha value is -3.55. The highest BCUT2D eigenvalue weighted by atomic mass is 32.1. The minimum Gasteiger partial charge on any atom is -0.508 e. The SMILES string of the molecule is COc1cc(Cc2c(-c3ccc(OCC(=O)N(C)C)cc3)sc3cc(O)ccc23)ccc1CN1CCCC1. The third-order valence-corrected chi connectivity index (χ3v) is 8.32. The molecule has 2 heterocycles. The number of aromatic hydroxyl groups is 1. The zero-order valence-corrected chi connectivity index (χ0v) is 23.0. The van der Waals surface area contributed by atoms with E-state index in [4.69, 9.17) is 9.47 Å². The molecule has 7 heteroatoms. The molecule has 5 rings (SSSR count). The Kier molecular flexibility index (Phi) is 7.86. The molecule has 4 aromatic rings. The lowest BCUT2D eigenvalue weighted by Gasteiger charge is -2.18. The van der Waals surface area contributed by atoms with Crippen molar-refractivity contribution in [3.63, 3.8) is 0 Å². The molecule has 1 amide bonds. The number of methoxy groups -OCH3 is 1. The third kappa shape index (κ3) is 5.79. The number of hydrogen-bond donors (Lipinski definition) is 1. The molecule has 0 radical (unpaired) electrons. The zero-order valence-electron chi connectivity index (χ0n) is 22.2. The van der Waals surface area contributed by atoms with E-state index < -0.39 is 0 Å². The summed E-state index contributed by atoms with van der Waals surface area (Å²) < 4.78 is 12.5. The van der Waals surface area contributed by atoms with Crippen LogP contribution >= 0.6 is 11.3 Å². The highest BCUT2D eigenvalue weighted by Crippen LogP contribution is 2.42. The predicted molar refractivity (Wildman–Crippen MR) is 153 cm³/mol. The number of amides is 1. The lowest BCUT2D eigenvalue weighted by atomic mass is 9.97. The first-order chi connectivity index (χ1) is 18.4. The number of benzene rings is 3. The van der Waals surface area contributed by atoms with Crippen LogP contribution in [0.4, 0.5) is 0 Å². The normalized spacial score (nSPS) is 13.7. The van der Waals surface area contributed by atoms with Gasteiger partial charge in [-0.1, -0.05) is 12.1 Å². The Morgan fingerprint density at radius 3 is 2.50 bits per heavy atom. The summed E-state index contributed by atoms with van der Waals surface area (Å²) in [6, 6.07) is 20.0. The van der Waals surface area contributed by atoms with Crippen LogP contribution in [0, 0.1) is 0 Å². The van der Waals surface area contributed by atoms with Gasteiger partial charge >= 0.3 is 0 Å². The standard InChI is InChI=1S/C31H34N2O4S/c1-32(2)30(35)20-37-25-11-8-22(9-12-25)31-27(26-13-10-24(34)18-29(26)38-31)16-21-6-7-23(28(17-21)36-3)19-33-14-4-5-15-33/h6-13,17-18,34H,4-5,14-16,19-20H2,1-3H3. The zero-order chi connectivity index (χ0) is 26.6. The van der Waals surface area contributed by atoms with Crippen LogP contribution < -0.4 is 9.47 Å². The fourth-order valence-corrected chi connectivity index (χ4v) is 6.20. The maximum absolute atomic E-state index is 11.9. The van der Waals surface area contributed by atoms with Crippen molar-refractivity contribution >= 4 is 27.3 Å². The highest BCUT2D eigenvalue weighted by Gasteiger charge is 2.18. The van der Waals surface area contributed by atoms with Gasteiger partial charge < -0.3 is 19.5 Å². The summed E-state index contributed by atoms with van der Waals surface area (Å²) in [5.74, 6) is 1.77. The Labute approximate surface area is 228 Å². The molecular formula is C31H34N2O4S. The van der Waals surface area contributed by atoms with Crippen LogP contribution in [0.1, 0.15) is 29.5 Å². The molecule has 3 aromatic carbocycles. The van der Waals surface area contributed by atoms with E-state index in [1.807, 2.05) is 36.4 Å². The van der Waals surface area contributed by atoms with Crippen LogP contribution in [0.5, 0.6) is 17.2 Å². The first-order valence-electron chi connectivity index (χ1n) is 13.0. The van der Waals surface area contributed by atoms with Gasteiger partial charge in [-0.05, 0) is 103 Å². The van der Waals surface area contributed by atoms with E-state index in [-0.39, 0.29) is 18.3 Å². The Morgan fingerprint density at radius 2 is 1.79 bits per heavy atom. The third-order valence-electron chi connectivity index (χ3n) is 7.08. The summed E-state index contributed by atoms with van der Waals surface area (Å²) >= 11 is 1.67. The van der Waals surface area contributed by atoms with Gasteiger partial charge in [0.25, 0.3) is 5.91 Å². The number of thiophene rings is 1. The minimum absolute atomic E-state index is 0.00928. The number of carbonyl (C=O) groups is 1. The van der Waals surface area contributed by atoms with E-state index in [1.165, 1.54) is 34.4 Å². The number of likely N-dealkylation sites (tertiary alicyclic amines) is 1. The van der Waals surface area contributed by atoms with E-state index in [1.54, 1.807) is 38.6 Å². The average molecular weight is 531 g/mol. The summed E-state index contributed by atoms with van der Waals surface area (Å²) in [5.41, 5.74) is 4.70. The van der Waals surface area contributed by atoms with Gasteiger partial charge in [-0.25, -0.2) is 0 Å². The van der Waals surface area contributed by atoms with Gasteiger partial charge in [-0.3, -0.25) is 9.69 Å². The number of phenolic OH excluding ortho intramolecular Hbond substituents is 1. The molecule has 1 saturated heterocycles. The van der Waals surface area contributed by atoms with Crippen LogP contribution in [-0.4, -0.2) is 61.7 Å². The Bertz CT molecular complexity index is 1420. The molecule has 198 valence electrons. The lowest BCUT2D eigenvalue weighted by Crippen LogP contribution is -2.27. The molecule has 0 bridgehead atoms. The number of hydrogen-bond acceptors (Lipinski definition) is 6. The second kappa shape index (κ2) is 11.5. The van der Waals surface area contributed by atoms with Gasteiger partial charge in [0, 0.05) is 35.8 Å². The maximum atomic E-state index is 11.9. The molecule has 1 aromatic heterocycles. The topological polar surface area (TPSA) is 62.2 Å². The molecule has 0 aliphatic carbocycles. The van der Waals surface area contributed by atoms with Crippen molar-refractivity contribution in [1.82, 2.24) is 9.80 Å². The monoisotopic (exact) mass is 530 g/mol. The lowest BCUT2D eigenvalue weighted by molar-refractivity contribution is -0.130. The van der Waals surface area contributed by atoms with Gasteiger partial charge in [0.05, 0.1) is 7.11 Å². The smallest absolute Gasteiger partial charge is 0.259 e. The number of phenols is 1. The van der Waals surface area contributed by atoms with Crippen molar-refractivity contribution in [2.24, 2.45) is 0 Å². The first-order valence-corrected chi connectivity index (χ1v) is 13.8. The number of likely N-dealkylation sites (N-methyl/N-ethyl adjacent to an activating group) is 1. The van der Waals surface area contributed by atoms with Gasteiger partial charge in [-0.2, -0.15) is 0 Å². The van der Waals surface area contributed by atoms with Crippen LogP contribution in [-0.2, 0) is 17.8 Å². The molecule has 1 aliphatic heterocycles. The van der Waals surface area contributed by atoms with Crippen molar-refractivity contribution < 1.29 is 19.4 Å². The summed E-state index contributed by atoms with van der Waals surface area (Å²) in [5, 5.41) is 11.3. The molecule has 38 heavy (non-hydrogen) atoms. The van der Waals surface area contributed by atoms with E-state index in [9.17, 15) is 9.90 Å². The molecule has 0 spiro atoms. The molecule has 0 atom stereocenters. The average Bonchev–Trinajstić information content (AvgIpc) is 3.56. The van der Waals surface area contributed by atoms with Crippen LogP contribution in [0.15, 0.2) is 60.7 Å². The molecule has 1 N–H and O–H groups in total. The summed E-state index contributed by atoms with van der Waals surface area (Å²) in [6.07, 6.45) is 3.28. The van der Waals surface area contributed by atoms with E-state index in [0.717, 1.165) is 52.3 Å². The van der Waals surface area contributed by atoms with E-state index in [0.29, 0.717) is 5.75 Å². The molecule has 1 aliphatic rings. The van der Waals surface area contributed by atoms with Crippen molar-refractivity contribution in [3.8, 4) is 27.7 Å². The Balaban J connectivity index is 1.44.